The number of rotatable bonds is 4. The van der Waals surface area contributed by atoms with Gasteiger partial charge in [-0.2, -0.15) is 0 Å². The highest BCUT2D eigenvalue weighted by molar-refractivity contribution is 6.30. The van der Waals surface area contributed by atoms with E-state index >= 15 is 0 Å². The quantitative estimate of drug-likeness (QED) is 0.918. The molecule has 0 amide bonds. The van der Waals surface area contributed by atoms with Gasteiger partial charge in [0.15, 0.2) is 0 Å². The number of likely N-dealkylation sites (N-methyl/N-ethyl adjacent to an activating group) is 1. The van der Waals surface area contributed by atoms with Crippen LogP contribution < -0.4 is 5.32 Å². The van der Waals surface area contributed by atoms with Crippen LogP contribution in [0, 0.1) is 0 Å². The summed E-state index contributed by atoms with van der Waals surface area (Å²) in [4.78, 5) is 5.08. The zero-order chi connectivity index (χ0) is 13.9. The van der Waals surface area contributed by atoms with E-state index in [2.05, 4.69) is 34.3 Å². The summed E-state index contributed by atoms with van der Waals surface area (Å²) in [5, 5.41) is 4.28. The molecular formula is C16H24ClN3. The van der Waals surface area contributed by atoms with Gasteiger partial charge in [0.05, 0.1) is 0 Å². The Morgan fingerprint density at radius 2 is 2.15 bits per heavy atom. The third-order valence-corrected chi connectivity index (χ3v) is 4.90. The van der Waals surface area contributed by atoms with Crippen molar-refractivity contribution in [3.8, 4) is 0 Å². The van der Waals surface area contributed by atoms with Gasteiger partial charge in [-0.05, 0) is 43.1 Å². The molecule has 3 rings (SSSR count). The molecule has 1 fully saturated rings. The minimum atomic E-state index is 0.574. The number of nitrogens with one attached hydrogen (secondary N) is 1. The Morgan fingerprint density at radius 1 is 1.35 bits per heavy atom. The second-order valence-electron chi connectivity index (χ2n) is 5.97. The molecule has 0 aromatic heterocycles. The van der Waals surface area contributed by atoms with Crippen LogP contribution in [0.25, 0.3) is 0 Å². The summed E-state index contributed by atoms with van der Waals surface area (Å²) in [6, 6.07) is 6.96. The van der Waals surface area contributed by atoms with E-state index in [1.807, 2.05) is 6.07 Å². The smallest absolute Gasteiger partial charge is 0.0408 e. The summed E-state index contributed by atoms with van der Waals surface area (Å²) in [7, 11) is 2.26. The van der Waals surface area contributed by atoms with Gasteiger partial charge < -0.3 is 5.32 Å². The van der Waals surface area contributed by atoms with E-state index < -0.39 is 0 Å². The molecule has 0 bridgehead atoms. The Hall–Kier alpha value is -0.610. The van der Waals surface area contributed by atoms with E-state index in [-0.39, 0.29) is 0 Å². The van der Waals surface area contributed by atoms with Crippen LogP contribution in [0.1, 0.15) is 23.6 Å². The first kappa shape index (κ1) is 14.3. The van der Waals surface area contributed by atoms with Crippen molar-refractivity contribution >= 4 is 11.6 Å². The zero-order valence-electron chi connectivity index (χ0n) is 12.2. The van der Waals surface area contributed by atoms with Crippen LogP contribution in [0.3, 0.4) is 0 Å². The SMILES string of the molecule is CN(CCN1CCNCC1)C1CCc2cc(Cl)ccc21. The Bertz CT molecular complexity index is 457. The lowest BCUT2D eigenvalue weighted by Crippen LogP contribution is -2.46. The van der Waals surface area contributed by atoms with Crippen LogP contribution in [-0.4, -0.2) is 56.1 Å². The molecule has 1 N–H and O–H groups in total. The highest BCUT2D eigenvalue weighted by Gasteiger charge is 2.26. The third kappa shape index (κ3) is 3.17. The number of benzene rings is 1. The summed E-state index contributed by atoms with van der Waals surface area (Å²) in [5.74, 6) is 0. The van der Waals surface area contributed by atoms with Crippen molar-refractivity contribution in [1.82, 2.24) is 15.1 Å². The first-order valence-electron chi connectivity index (χ1n) is 7.65. The fourth-order valence-corrected chi connectivity index (χ4v) is 3.61. The topological polar surface area (TPSA) is 18.5 Å². The van der Waals surface area contributed by atoms with E-state index in [1.54, 1.807) is 0 Å². The molecule has 1 unspecified atom stereocenters. The molecule has 1 atom stereocenters. The van der Waals surface area contributed by atoms with Crippen molar-refractivity contribution in [2.24, 2.45) is 0 Å². The number of fused-ring (bicyclic) bond motifs is 1. The fraction of sp³-hybridized carbons (Fsp3) is 0.625. The number of hydrogen-bond acceptors (Lipinski definition) is 3. The second kappa shape index (κ2) is 6.44. The van der Waals surface area contributed by atoms with E-state index in [4.69, 9.17) is 11.6 Å². The van der Waals surface area contributed by atoms with Crippen LogP contribution in [0.2, 0.25) is 5.02 Å². The van der Waals surface area contributed by atoms with Gasteiger partial charge in [0.2, 0.25) is 0 Å². The number of halogens is 1. The van der Waals surface area contributed by atoms with Crippen molar-refractivity contribution in [1.29, 1.82) is 0 Å². The first-order chi connectivity index (χ1) is 9.74. The first-order valence-corrected chi connectivity index (χ1v) is 8.03. The molecule has 0 saturated carbocycles. The maximum atomic E-state index is 6.09. The molecule has 0 radical (unpaired) electrons. The lowest BCUT2D eigenvalue weighted by Gasteiger charge is -2.31. The van der Waals surface area contributed by atoms with Crippen LogP contribution in [0.4, 0.5) is 0 Å². The second-order valence-corrected chi connectivity index (χ2v) is 6.41. The molecule has 2 aliphatic rings. The fourth-order valence-electron chi connectivity index (χ4n) is 3.41. The molecule has 110 valence electrons. The number of aryl methyl sites for hydroxylation is 1. The highest BCUT2D eigenvalue weighted by atomic mass is 35.5. The predicted octanol–water partition coefficient (Wildman–Crippen LogP) is 2.16. The standard InChI is InChI=1S/C16H24ClN3/c1-19(10-11-20-8-6-18-7-9-20)16-5-2-13-12-14(17)3-4-15(13)16/h3-4,12,16,18H,2,5-11H2,1H3. The number of hydrogen-bond donors (Lipinski definition) is 1. The van der Waals surface area contributed by atoms with Gasteiger partial charge in [-0.1, -0.05) is 17.7 Å². The number of piperazine rings is 1. The zero-order valence-corrected chi connectivity index (χ0v) is 13.0. The Morgan fingerprint density at radius 3 is 2.95 bits per heavy atom. The Labute approximate surface area is 126 Å². The van der Waals surface area contributed by atoms with Gasteiger partial charge in [-0.3, -0.25) is 9.80 Å². The highest BCUT2D eigenvalue weighted by Crippen LogP contribution is 2.36. The van der Waals surface area contributed by atoms with E-state index in [9.17, 15) is 0 Å². The van der Waals surface area contributed by atoms with E-state index in [1.165, 1.54) is 43.6 Å². The lowest BCUT2D eigenvalue weighted by molar-refractivity contribution is 0.177. The maximum Gasteiger partial charge on any atom is 0.0408 e. The normalized spacial score (nSPS) is 23.2. The largest absolute Gasteiger partial charge is 0.314 e. The lowest BCUT2D eigenvalue weighted by atomic mass is 10.1. The molecule has 4 heteroatoms. The molecule has 3 nitrogen and oxygen atoms in total. The van der Waals surface area contributed by atoms with Crippen LogP contribution >= 0.6 is 11.6 Å². The average Bonchev–Trinajstić information content (AvgIpc) is 2.89. The molecule has 1 saturated heterocycles. The summed E-state index contributed by atoms with van der Waals surface area (Å²) in [5.41, 5.74) is 2.92. The van der Waals surface area contributed by atoms with Crippen LogP contribution in [-0.2, 0) is 6.42 Å². The monoisotopic (exact) mass is 293 g/mol. The Kier molecular flexibility index (Phi) is 4.61. The average molecular weight is 294 g/mol. The minimum absolute atomic E-state index is 0.574. The molecule has 0 spiro atoms. The summed E-state index contributed by atoms with van der Waals surface area (Å²) < 4.78 is 0. The molecule has 1 aliphatic heterocycles. The summed E-state index contributed by atoms with van der Waals surface area (Å²) in [6.07, 6.45) is 2.40. The van der Waals surface area contributed by atoms with Crippen molar-refractivity contribution in [2.75, 3.05) is 46.3 Å². The van der Waals surface area contributed by atoms with E-state index in [0.29, 0.717) is 6.04 Å². The van der Waals surface area contributed by atoms with Crippen molar-refractivity contribution in [2.45, 2.75) is 18.9 Å². The van der Waals surface area contributed by atoms with Crippen LogP contribution in [0.5, 0.6) is 0 Å². The van der Waals surface area contributed by atoms with Crippen LogP contribution in [0.15, 0.2) is 18.2 Å². The molecule has 1 aliphatic carbocycles. The van der Waals surface area contributed by atoms with Crippen molar-refractivity contribution < 1.29 is 0 Å². The van der Waals surface area contributed by atoms with Gasteiger partial charge in [0, 0.05) is 50.3 Å². The van der Waals surface area contributed by atoms with Gasteiger partial charge >= 0.3 is 0 Å². The van der Waals surface area contributed by atoms with Crippen molar-refractivity contribution in [3.05, 3.63) is 34.3 Å². The third-order valence-electron chi connectivity index (χ3n) is 4.66. The Balaban J connectivity index is 1.57. The van der Waals surface area contributed by atoms with Gasteiger partial charge in [0.1, 0.15) is 0 Å². The minimum Gasteiger partial charge on any atom is -0.314 e. The van der Waals surface area contributed by atoms with E-state index in [0.717, 1.165) is 24.7 Å². The molecule has 1 aromatic carbocycles. The van der Waals surface area contributed by atoms with Gasteiger partial charge in [-0.15, -0.1) is 0 Å². The van der Waals surface area contributed by atoms with Gasteiger partial charge in [-0.25, -0.2) is 0 Å². The maximum absolute atomic E-state index is 6.09. The summed E-state index contributed by atoms with van der Waals surface area (Å²) in [6.45, 7) is 6.96. The molecule has 20 heavy (non-hydrogen) atoms. The van der Waals surface area contributed by atoms with Crippen molar-refractivity contribution in [3.63, 3.8) is 0 Å². The molecule has 1 aromatic rings. The van der Waals surface area contributed by atoms with Gasteiger partial charge in [0.25, 0.3) is 0 Å². The summed E-state index contributed by atoms with van der Waals surface area (Å²) >= 11 is 6.09. The molecule has 1 heterocycles. The number of nitrogens with zero attached hydrogens (tertiary/aromatic N) is 2. The molecular weight excluding hydrogens is 270 g/mol. The predicted molar refractivity (Wildman–Crippen MR) is 84.5 cm³/mol.